The van der Waals surface area contributed by atoms with E-state index in [1.54, 1.807) is 0 Å². The van der Waals surface area contributed by atoms with E-state index >= 15 is 0 Å². The van der Waals surface area contributed by atoms with Gasteiger partial charge in [-0.1, -0.05) is 146 Å². The molecule has 0 amide bonds. The molecule has 0 atom stereocenters. The van der Waals surface area contributed by atoms with Crippen LogP contribution in [0.2, 0.25) is 0 Å². The Morgan fingerprint density at radius 3 is 1.50 bits per heavy atom. The van der Waals surface area contributed by atoms with Crippen molar-refractivity contribution in [2.75, 3.05) is 0 Å². The van der Waals surface area contributed by atoms with Gasteiger partial charge in [-0.3, -0.25) is 0 Å². The number of nitrogens with zero attached hydrogens (tertiary/aromatic N) is 4. The van der Waals surface area contributed by atoms with Gasteiger partial charge >= 0.3 is 0 Å². The number of benzene rings is 8. The van der Waals surface area contributed by atoms with Gasteiger partial charge in [-0.05, 0) is 64.7 Å². The van der Waals surface area contributed by atoms with Gasteiger partial charge in [0, 0.05) is 50.0 Å². The fourth-order valence-corrected chi connectivity index (χ4v) is 8.00. The summed E-state index contributed by atoms with van der Waals surface area (Å²) in [5, 5.41) is 4.52. The van der Waals surface area contributed by atoms with Crippen LogP contribution in [0.1, 0.15) is 0 Å². The molecule has 0 aliphatic heterocycles. The topological polar surface area (TPSA) is 56.7 Å². The van der Waals surface area contributed by atoms with E-state index < -0.39 is 0 Å². The van der Waals surface area contributed by atoms with E-state index in [2.05, 4.69) is 132 Å². The summed E-state index contributed by atoms with van der Waals surface area (Å²) in [4.78, 5) is 14.8. The molecular weight excluding hydrogens is 685 g/mol. The zero-order chi connectivity index (χ0) is 37.0. The molecule has 262 valence electrons. The fourth-order valence-electron chi connectivity index (χ4n) is 8.00. The molecule has 11 rings (SSSR count). The molecule has 0 fully saturated rings. The lowest BCUT2D eigenvalue weighted by Gasteiger charge is -2.12. The Kier molecular flexibility index (Phi) is 7.42. The first-order valence-electron chi connectivity index (χ1n) is 18.8. The van der Waals surface area contributed by atoms with Gasteiger partial charge in [-0.25, -0.2) is 15.0 Å². The Bertz CT molecular complexity index is 3170. The van der Waals surface area contributed by atoms with Crippen LogP contribution in [0.5, 0.6) is 0 Å². The summed E-state index contributed by atoms with van der Waals surface area (Å²) in [6.07, 6.45) is 0. The molecule has 0 saturated heterocycles. The van der Waals surface area contributed by atoms with E-state index in [-0.39, 0.29) is 0 Å². The summed E-state index contributed by atoms with van der Waals surface area (Å²) in [7, 11) is 0. The molecule has 0 N–H and O–H groups in total. The van der Waals surface area contributed by atoms with Crippen LogP contribution in [-0.4, -0.2) is 19.5 Å². The van der Waals surface area contributed by atoms with Gasteiger partial charge < -0.3 is 8.98 Å². The molecule has 3 aromatic heterocycles. The first kappa shape index (κ1) is 31.9. The number of furan rings is 1. The number of hydrogen-bond donors (Lipinski definition) is 0. The Balaban J connectivity index is 1.09. The fraction of sp³-hybridized carbons (Fsp3) is 0. The molecule has 11 aromatic rings. The third-order valence-electron chi connectivity index (χ3n) is 10.6. The molecule has 0 radical (unpaired) electrons. The normalized spacial score (nSPS) is 11.6. The SMILES string of the molecule is c1ccc(-c2cc(-c3ccccc3)c3c4ccccc4n(-c4ccc5c(c4)oc4cc(-c6nc(-c7ccccc7)nc(-c7ccccc7)n6)ccc45)c3c2)cc1. The van der Waals surface area contributed by atoms with Crippen LogP contribution in [0, 0.1) is 0 Å². The Morgan fingerprint density at radius 2 is 0.857 bits per heavy atom. The molecule has 3 heterocycles. The lowest BCUT2D eigenvalue weighted by Crippen LogP contribution is -2.00. The number of aromatic nitrogens is 4. The highest BCUT2D eigenvalue weighted by Gasteiger charge is 2.20. The quantitative estimate of drug-likeness (QED) is 0.172. The molecule has 0 aliphatic carbocycles. The number of para-hydroxylation sites is 1. The minimum atomic E-state index is 0.592. The van der Waals surface area contributed by atoms with Crippen molar-refractivity contribution in [1.82, 2.24) is 19.5 Å². The van der Waals surface area contributed by atoms with E-state index in [4.69, 9.17) is 19.4 Å². The highest BCUT2D eigenvalue weighted by Crippen LogP contribution is 2.42. The number of rotatable bonds is 6. The second-order valence-electron chi connectivity index (χ2n) is 14.0. The van der Waals surface area contributed by atoms with E-state index in [0.29, 0.717) is 17.5 Å². The maximum absolute atomic E-state index is 6.71. The molecule has 5 nitrogen and oxygen atoms in total. The minimum Gasteiger partial charge on any atom is -0.456 e. The van der Waals surface area contributed by atoms with Crippen molar-refractivity contribution in [3.63, 3.8) is 0 Å². The molecule has 0 aliphatic rings. The van der Waals surface area contributed by atoms with Gasteiger partial charge in [0.15, 0.2) is 17.5 Å². The van der Waals surface area contributed by atoms with Crippen LogP contribution < -0.4 is 0 Å². The molecule has 5 heteroatoms. The predicted octanol–water partition coefficient (Wildman–Crippen LogP) is 13.2. The summed E-state index contributed by atoms with van der Waals surface area (Å²) in [5.41, 5.74) is 12.4. The first-order valence-corrected chi connectivity index (χ1v) is 18.8. The molecule has 56 heavy (non-hydrogen) atoms. The van der Waals surface area contributed by atoms with Crippen molar-refractivity contribution in [2.24, 2.45) is 0 Å². The minimum absolute atomic E-state index is 0.592. The summed E-state index contributed by atoms with van der Waals surface area (Å²) < 4.78 is 9.09. The zero-order valence-electron chi connectivity index (χ0n) is 30.2. The van der Waals surface area contributed by atoms with Gasteiger partial charge in [0.05, 0.1) is 11.0 Å². The summed E-state index contributed by atoms with van der Waals surface area (Å²) in [6.45, 7) is 0. The highest BCUT2D eigenvalue weighted by molar-refractivity contribution is 6.17. The van der Waals surface area contributed by atoms with Gasteiger partial charge in [0.1, 0.15) is 11.2 Å². The smallest absolute Gasteiger partial charge is 0.164 e. The lowest BCUT2D eigenvalue weighted by atomic mass is 9.94. The van der Waals surface area contributed by atoms with Gasteiger partial charge in [0.25, 0.3) is 0 Å². The van der Waals surface area contributed by atoms with Crippen LogP contribution in [0.3, 0.4) is 0 Å². The Morgan fingerprint density at radius 1 is 0.339 bits per heavy atom. The molecule has 8 aromatic carbocycles. The maximum atomic E-state index is 6.71. The molecule has 0 saturated carbocycles. The van der Waals surface area contributed by atoms with Crippen LogP contribution in [-0.2, 0) is 0 Å². The average Bonchev–Trinajstić information content (AvgIpc) is 3.82. The summed E-state index contributed by atoms with van der Waals surface area (Å²) >= 11 is 0. The molecule has 0 spiro atoms. The van der Waals surface area contributed by atoms with Gasteiger partial charge in [-0.15, -0.1) is 0 Å². The van der Waals surface area contributed by atoms with Gasteiger partial charge in [0.2, 0.25) is 0 Å². The number of hydrogen-bond acceptors (Lipinski definition) is 4. The summed E-state index contributed by atoms with van der Waals surface area (Å²) in [6, 6.07) is 67.6. The van der Waals surface area contributed by atoms with Crippen molar-refractivity contribution in [3.8, 4) is 62.1 Å². The van der Waals surface area contributed by atoms with Crippen LogP contribution in [0.4, 0.5) is 0 Å². The standard InChI is InChI=1S/C51H32N4O/c1-5-15-33(16-6-1)38-29-43(34-17-7-2-8-18-34)48-42-23-13-14-24-44(42)55(45(48)30-38)39-26-28-41-40-27-25-37(31-46(40)56-47(41)32-39)51-53-49(35-19-9-3-10-20-35)52-50(54-51)36-21-11-4-12-22-36/h1-32H. The van der Waals surface area contributed by atoms with Gasteiger partial charge in [-0.2, -0.15) is 0 Å². The first-order chi connectivity index (χ1) is 27.7. The largest absolute Gasteiger partial charge is 0.456 e. The third-order valence-corrected chi connectivity index (χ3v) is 10.6. The van der Waals surface area contributed by atoms with E-state index in [1.165, 1.54) is 33.0 Å². The second-order valence-corrected chi connectivity index (χ2v) is 14.0. The maximum Gasteiger partial charge on any atom is 0.164 e. The Hall–Kier alpha value is -7.63. The van der Waals surface area contributed by atoms with Crippen molar-refractivity contribution in [3.05, 3.63) is 194 Å². The monoisotopic (exact) mass is 716 g/mol. The average molecular weight is 717 g/mol. The van der Waals surface area contributed by atoms with E-state index in [0.717, 1.165) is 55.3 Å². The molecular formula is C51H32N4O. The van der Waals surface area contributed by atoms with E-state index in [9.17, 15) is 0 Å². The predicted molar refractivity (Wildman–Crippen MR) is 229 cm³/mol. The van der Waals surface area contributed by atoms with E-state index in [1.807, 2.05) is 66.7 Å². The Labute approximate surface area is 322 Å². The van der Waals surface area contributed by atoms with Crippen molar-refractivity contribution >= 4 is 43.7 Å². The lowest BCUT2D eigenvalue weighted by molar-refractivity contribution is 0.668. The van der Waals surface area contributed by atoms with Crippen LogP contribution in [0.15, 0.2) is 199 Å². The second kappa shape index (κ2) is 13.0. The molecule has 0 unspecified atom stereocenters. The summed E-state index contributed by atoms with van der Waals surface area (Å²) in [5.74, 6) is 1.84. The highest BCUT2D eigenvalue weighted by atomic mass is 16.3. The number of fused-ring (bicyclic) bond motifs is 6. The van der Waals surface area contributed by atoms with Crippen molar-refractivity contribution in [2.45, 2.75) is 0 Å². The van der Waals surface area contributed by atoms with Crippen LogP contribution >= 0.6 is 0 Å². The van der Waals surface area contributed by atoms with Crippen molar-refractivity contribution < 1.29 is 4.42 Å². The van der Waals surface area contributed by atoms with Crippen LogP contribution in [0.25, 0.3) is 106 Å². The third kappa shape index (κ3) is 5.37. The van der Waals surface area contributed by atoms with Crippen molar-refractivity contribution in [1.29, 1.82) is 0 Å². The molecule has 0 bridgehead atoms. The zero-order valence-corrected chi connectivity index (χ0v) is 30.2.